The van der Waals surface area contributed by atoms with Crippen LogP contribution in [0.1, 0.15) is 29.9 Å². The van der Waals surface area contributed by atoms with E-state index in [1.165, 1.54) is 0 Å². The molecule has 2 N–H and O–H groups in total. The van der Waals surface area contributed by atoms with Crippen molar-refractivity contribution in [2.75, 3.05) is 5.75 Å². The molecule has 2 heterocycles. The fourth-order valence-electron chi connectivity index (χ4n) is 3.02. The van der Waals surface area contributed by atoms with Crippen molar-refractivity contribution in [3.63, 3.8) is 0 Å². The van der Waals surface area contributed by atoms with E-state index in [1.807, 2.05) is 55.6 Å². The lowest BCUT2D eigenvalue weighted by Gasteiger charge is -2.31. The van der Waals surface area contributed by atoms with Gasteiger partial charge in [-0.2, -0.15) is 5.26 Å². The third-order valence-electron chi connectivity index (χ3n) is 4.03. The van der Waals surface area contributed by atoms with Crippen LogP contribution in [0.2, 0.25) is 0 Å². The topological polar surface area (TPSA) is 75.1 Å². The summed E-state index contributed by atoms with van der Waals surface area (Å²) in [5.41, 5.74) is 9.05. The van der Waals surface area contributed by atoms with Gasteiger partial charge in [-0.1, -0.05) is 43.3 Å². The minimum absolute atomic E-state index is 0.161. The average molecular weight is 334 g/mol. The van der Waals surface area contributed by atoms with E-state index in [0.717, 1.165) is 21.9 Å². The molecule has 0 radical (unpaired) electrons. The van der Waals surface area contributed by atoms with Crippen LogP contribution in [-0.2, 0) is 0 Å². The van der Waals surface area contributed by atoms with Gasteiger partial charge in [0.1, 0.15) is 10.9 Å². The molecule has 2 atom stereocenters. The van der Waals surface area contributed by atoms with E-state index in [2.05, 4.69) is 16.0 Å². The summed E-state index contributed by atoms with van der Waals surface area (Å²) in [6.07, 6.45) is 3.55. The fourth-order valence-corrected chi connectivity index (χ4v) is 3.80. The van der Waals surface area contributed by atoms with Gasteiger partial charge in [-0.05, 0) is 22.9 Å². The molecule has 4 nitrogen and oxygen atoms in total. The summed E-state index contributed by atoms with van der Waals surface area (Å²) in [7, 11) is 0. The lowest BCUT2D eigenvalue weighted by molar-refractivity contribution is 0.721. The minimum atomic E-state index is -0.169. The Hall–Kier alpha value is -2.58. The van der Waals surface area contributed by atoms with Crippen LogP contribution in [0.4, 0.5) is 0 Å². The summed E-state index contributed by atoms with van der Waals surface area (Å²) in [5, 5.41) is 10.5. The Morgan fingerprint density at radius 1 is 1.12 bits per heavy atom. The van der Waals surface area contributed by atoms with Crippen molar-refractivity contribution in [3.05, 3.63) is 76.6 Å². The molecule has 1 aromatic heterocycles. The van der Waals surface area contributed by atoms with Gasteiger partial charge in [-0.25, -0.2) is 4.99 Å². The first-order chi connectivity index (χ1) is 11.8. The van der Waals surface area contributed by atoms with Crippen LogP contribution in [0.5, 0.6) is 0 Å². The number of hydrogen-bond acceptors (Lipinski definition) is 5. The summed E-state index contributed by atoms with van der Waals surface area (Å²) >= 11 is 1.55. The van der Waals surface area contributed by atoms with Crippen molar-refractivity contribution in [1.82, 2.24) is 4.98 Å². The number of aliphatic imine (C=N–C) groups is 1. The molecule has 3 rings (SSSR count). The molecule has 120 valence electrons. The minimum Gasteiger partial charge on any atom is -0.387 e. The maximum Gasteiger partial charge on any atom is 0.112 e. The second-order valence-electron chi connectivity index (χ2n) is 5.45. The Kier molecular flexibility index (Phi) is 4.97. The van der Waals surface area contributed by atoms with Gasteiger partial charge in [-0.3, -0.25) is 4.98 Å². The van der Waals surface area contributed by atoms with Gasteiger partial charge in [0.05, 0.1) is 17.6 Å². The van der Waals surface area contributed by atoms with E-state index in [1.54, 1.807) is 18.0 Å². The van der Waals surface area contributed by atoms with Crippen molar-refractivity contribution in [3.8, 4) is 6.07 Å². The Morgan fingerprint density at radius 2 is 1.88 bits per heavy atom. The number of amidine groups is 1. The lowest BCUT2D eigenvalue weighted by Crippen LogP contribution is -2.31. The number of allylic oxidation sites excluding steroid dienone is 1. The van der Waals surface area contributed by atoms with Crippen molar-refractivity contribution in [1.29, 1.82) is 5.26 Å². The van der Waals surface area contributed by atoms with E-state index in [0.29, 0.717) is 11.4 Å². The van der Waals surface area contributed by atoms with Gasteiger partial charge in [0.25, 0.3) is 0 Å². The van der Waals surface area contributed by atoms with Gasteiger partial charge in [0.2, 0.25) is 0 Å². The Morgan fingerprint density at radius 3 is 2.50 bits per heavy atom. The molecule has 0 saturated carbocycles. The van der Waals surface area contributed by atoms with Crippen LogP contribution in [0.25, 0.3) is 0 Å². The van der Waals surface area contributed by atoms with E-state index >= 15 is 0 Å². The number of hydrogen-bond donors (Lipinski definition) is 1. The second kappa shape index (κ2) is 7.33. The Bertz CT molecular complexity index is 806. The first kappa shape index (κ1) is 16.3. The number of thioether (sulfide) groups is 1. The third kappa shape index (κ3) is 3.06. The number of pyridine rings is 1. The summed E-state index contributed by atoms with van der Waals surface area (Å²) < 4.78 is 0. The molecule has 0 fully saturated rings. The summed E-state index contributed by atoms with van der Waals surface area (Å²) in [6, 6.07) is 16.3. The van der Waals surface area contributed by atoms with Crippen LogP contribution < -0.4 is 5.73 Å². The molecule has 1 aliphatic rings. The maximum atomic E-state index is 9.82. The first-order valence-corrected chi connectivity index (χ1v) is 8.80. The normalized spacial score (nSPS) is 20.4. The highest BCUT2D eigenvalue weighted by atomic mass is 32.2. The second-order valence-corrected chi connectivity index (χ2v) is 6.71. The lowest BCUT2D eigenvalue weighted by atomic mass is 9.76. The smallest absolute Gasteiger partial charge is 0.112 e. The number of benzene rings is 1. The van der Waals surface area contributed by atoms with Crippen molar-refractivity contribution >= 4 is 17.6 Å². The van der Waals surface area contributed by atoms with Crippen molar-refractivity contribution < 1.29 is 0 Å². The molecular weight excluding hydrogens is 316 g/mol. The Balaban J connectivity index is 2.19. The van der Waals surface area contributed by atoms with E-state index < -0.39 is 0 Å². The van der Waals surface area contributed by atoms with Gasteiger partial charge < -0.3 is 5.73 Å². The molecule has 0 amide bonds. The molecule has 0 aliphatic carbocycles. The number of rotatable bonds is 4. The highest BCUT2D eigenvalue weighted by Gasteiger charge is 2.36. The van der Waals surface area contributed by atoms with Crippen LogP contribution in [-0.4, -0.2) is 16.6 Å². The van der Waals surface area contributed by atoms with Crippen molar-refractivity contribution in [2.45, 2.75) is 18.8 Å². The summed E-state index contributed by atoms with van der Waals surface area (Å²) in [6.45, 7) is 2.04. The molecule has 2 aromatic rings. The molecule has 0 bridgehead atoms. The zero-order valence-corrected chi connectivity index (χ0v) is 14.2. The fraction of sp³-hybridized carbons (Fsp3) is 0.211. The van der Waals surface area contributed by atoms with Crippen molar-refractivity contribution in [2.24, 2.45) is 10.7 Å². The molecule has 0 spiro atoms. The standard InChI is InChI=1S/C19H18N4S/c1-2-24-19-15(11-20)16(14-9-6-10-22-12-14)17(18(21)23-19)13-7-4-3-5-8-13/h3-10,12,16-17H,2H2,1H3,(H2,21,23). The van der Waals surface area contributed by atoms with Gasteiger partial charge in [0.15, 0.2) is 0 Å². The molecule has 24 heavy (non-hydrogen) atoms. The van der Waals surface area contributed by atoms with E-state index in [9.17, 15) is 5.26 Å². The van der Waals surface area contributed by atoms with Crippen LogP contribution >= 0.6 is 11.8 Å². The summed E-state index contributed by atoms with van der Waals surface area (Å²) in [5.74, 6) is 1.06. The number of nitriles is 1. The van der Waals surface area contributed by atoms with Gasteiger partial charge >= 0.3 is 0 Å². The monoisotopic (exact) mass is 334 g/mol. The predicted molar refractivity (Wildman–Crippen MR) is 98.6 cm³/mol. The quantitative estimate of drug-likeness (QED) is 0.922. The maximum absolute atomic E-state index is 9.82. The zero-order chi connectivity index (χ0) is 16.9. The third-order valence-corrected chi connectivity index (χ3v) is 4.90. The summed E-state index contributed by atoms with van der Waals surface area (Å²) in [4.78, 5) is 8.79. The largest absolute Gasteiger partial charge is 0.387 e. The van der Waals surface area contributed by atoms with E-state index in [4.69, 9.17) is 5.73 Å². The highest BCUT2D eigenvalue weighted by Crippen LogP contribution is 2.44. The number of nitrogens with two attached hydrogens (primary N) is 1. The molecule has 1 aliphatic heterocycles. The highest BCUT2D eigenvalue weighted by molar-refractivity contribution is 8.03. The molecule has 1 aromatic carbocycles. The van der Waals surface area contributed by atoms with Crippen LogP contribution in [0.15, 0.2) is 70.5 Å². The van der Waals surface area contributed by atoms with Gasteiger partial charge in [-0.15, -0.1) is 11.8 Å². The number of aromatic nitrogens is 1. The van der Waals surface area contributed by atoms with Gasteiger partial charge in [0, 0.05) is 18.3 Å². The molecular formula is C19H18N4S. The first-order valence-electron chi connectivity index (χ1n) is 7.82. The molecule has 5 heteroatoms. The van der Waals surface area contributed by atoms with Crippen LogP contribution in [0.3, 0.4) is 0 Å². The average Bonchev–Trinajstić information content (AvgIpc) is 2.63. The van der Waals surface area contributed by atoms with Crippen LogP contribution in [0, 0.1) is 11.3 Å². The molecule has 2 unspecified atom stereocenters. The Labute approximate surface area is 146 Å². The SMILES string of the molecule is CCSC1=C(C#N)C(c2cccnc2)C(c2ccccc2)C(N)=N1. The predicted octanol–water partition coefficient (Wildman–Crippen LogP) is 3.81. The zero-order valence-electron chi connectivity index (χ0n) is 13.4. The number of nitrogens with zero attached hydrogens (tertiary/aromatic N) is 3. The molecule has 0 saturated heterocycles. The van der Waals surface area contributed by atoms with E-state index in [-0.39, 0.29) is 11.8 Å².